The van der Waals surface area contributed by atoms with Gasteiger partial charge >= 0.3 is 0 Å². The Morgan fingerprint density at radius 3 is 1.52 bits per heavy atom. The van der Waals surface area contributed by atoms with Crippen LogP contribution in [-0.4, -0.2) is 23.8 Å². The van der Waals surface area contributed by atoms with Crippen LogP contribution >= 0.6 is 34.0 Å². The first-order valence-corrected chi connectivity index (χ1v) is 9.55. The van der Waals surface area contributed by atoms with E-state index < -0.39 is 0 Å². The molecule has 116 valence electrons. The molecule has 23 heavy (non-hydrogen) atoms. The summed E-state index contributed by atoms with van der Waals surface area (Å²) in [5, 5.41) is 0. The molecule has 0 fully saturated rings. The number of nitrogens with zero attached hydrogens (tertiary/aromatic N) is 1. The maximum Gasteiger partial charge on any atom is 0.262 e. The van der Waals surface area contributed by atoms with E-state index in [9.17, 15) is 9.59 Å². The number of thiophene rings is 3. The van der Waals surface area contributed by atoms with E-state index in [0.717, 1.165) is 19.5 Å². The van der Waals surface area contributed by atoms with Gasteiger partial charge in [-0.2, -0.15) is 0 Å². The van der Waals surface area contributed by atoms with Gasteiger partial charge in [0.1, 0.15) is 0 Å². The van der Waals surface area contributed by atoms with Gasteiger partial charge in [-0.1, -0.05) is 0 Å². The van der Waals surface area contributed by atoms with Crippen LogP contribution in [0.2, 0.25) is 0 Å². The number of carbonyl (C=O) groups excluding carboxylic acids is 2. The molecular weight excluding hydrogens is 346 g/mol. The van der Waals surface area contributed by atoms with Gasteiger partial charge < -0.3 is 0 Å². The second-order valence-corrected chi connectivity index (χ2v) is 9.10. The van der Waals surface area contributed by atoms with Crippen molar-refractivity contribution in [3.63, 3.8) is 0 Å². The average Bonchev–Trinajstić information content (AvgIpc) is 3.24. The summed E-state index contributed by atoms with van der Waals surface area (Å²) in [5.41, 5.74) is 1.15. The highest BCUT2D eigenvalue weighted by atomic mass is 32.1. The molecule has 0 spiro atoms. The molecule has 1 aliphatic rings. The summed E-state index contributed by atoms with van der Waals surface area (Å²) < 4.78 is 0. The summed E-state index contributed by atoms with van der Waals surface area (Å²) in [4.78, 5) is 32.7. The second-order valence-electron chi connectivity index (χ2n) is 5.50. The minimum Gasteiger partial charge on any atom is -0.277 e. The van der Waals surface area contributed by atoms with E-state index in [1.807, 2.05) is 38.1 Å². The summed E-state index contributed by atoms with van der Waals surface area (Å²) in [6.07, 6.45) is 0. The number of carbonyl (C=O) groups is 2. The topological polar surface area (TPSA) is 37.4 Å². The summed E-state index contributed by atoms with van der Waals surface area (Å²) in [6, 6.07) is 8.16. The first kappa shape index (κ1) is 14.8. The molecular formula is C17H13NO2S3. The van der Waals surface area contributed by atoms with E-state index in [2.05, 4.69) is 0 Å². The van der Waals surface area contributed by atoms with Crippen LogP contribution in [0, 0.1) is 13.8 Å². The quantitative estimate of drug-likeness (QED) is 0.601. The Kier molecular flexibility index (Phi) is 3.30. The number of fused-ring (bicyclic) bond motifs is 1. The Morgan fingerprint density at radius 1 is 0.739 bits per heavy atom. The van der Waals surface area contributed by atoms with Gasteiger partial charge in [-0.25, -0.2) is 0 Å². The van der Waals surface area contributed by atoms with Gasteiger partial charge in [-0.3, -0.25) is 14.5 Å². The Morgan fingerprint density at radius 2 is 1.17 bits per heavy atom. The zero-order valence-corrected chi connectivity index (χ0v) is 15.2. The highest BCUT2D eigenvalue weighted by molar-refractivity contribution is 7.27. The Hall–Kier alpha value is -1.76. The second kappa shape index (κ2) is 5.12. The number of rotatable bonds is 2. The molecule has 0 bridgehead atoms. The number of hydrogen-bond acceptors (Lipinski definition) is 5. The first-order valence-electron chi connectivity index (χ1n) is 7.10. The van der Waals surface area contributed by atoms with Crippen molar-refractivity contribution >= 4 is 45.8 Å². The highest BCUT2D eigenvalue weighted by Gasteiger charge is 2.40. The Bertz CT molecular complexity index is 886. The monoisotopic (exact) mass is 359 g/mol. The van der Waals surface area contributed by atoms with Crippen LogP contribution in [0.4, 0.5) is 0 Å². The summed E-state index contributed by atoms with van der Waals surface area (Å²) >= 11 is 4.87. The summed E-state index contributed by atoms with van der Waals surface area (Å²) in [7, 11) is 1.56. The van der Waals surface area contributed by atoms with E-state index in [1.54, 1.807) is 41.1 Å². The molecule has 0 saturated heterocycles. The predicted octanol–water partition coefficient (Wildman–Crippen LogP) is 5.05. The average molecular weight is 359 g/mol. The molecule has 3 nitrogen and oxygen atoms in total. The van der Waals surface area contributed by atoms with Crippen LogP contribution in [0.3, 0.4) is 0 Å². The molecule has 4 heterocycles. The third-order valence-electron chi connectivity index (χ3n) is 3.87. The van der Waals surface area contributed by atoms with Crippen molar-refractivity contribution in [2.45, 2.75) is 13.8 Å². The standard InChI is InChI=1S/C17H13NO2S3/c1-8-4-6-10(21-8)14-12-13(17(20)18(3)16(12)19)15(23-14)11-7-5-9(2)22-11/h4-7H,1-3H3. The molecule has 0 saturated carbocycles. The van der Waals surface area contributed by atoms with Crippen LogP contribution < -0.4 is 0 Å². The number of imide groups is 1. The third kappa shape index (κ3) is 2.13. The predicted molar refractivity (Wildman–Crippen MR) is 96.8 cm³/mol. The lowest BCUT2D eigenvalue weighted by Gasteiger charge is -2.06. The molecule has 0 aromatic carbocycles. The van der Waals surface area contributed by atoms with E-state index in [4.69, 9.17) is 0 Å². The van der Waals surface area contributed by atoms with Crippen molar-refractivity contribution in [3.05, 3.63) is 45.1 Å². The first-order chi connectivity index (χ1) is 11.0. The van der Waals surface area contributed by atoms with Crippen molar-refractivity contribution < 1.29 is 9.59 Å². The molecule has 4 rings (SSSR count). The van der Waals surface area contributed by atoms with E-state index in [-0.39, 0.29) is 11.8 Å². The molecule has 0 N–H and O–H groups in total. The minimum atomic E-state index is -0.193. The minimum absolute atomic E-state index is 0.193. The van der Waals surface area contributed by atoms with Gasteiger partial charge in [-0.05, 0) is 38.1 Å². The van der Waals surface area contributed by atoms with Gasteiger partial charge in [0.05, 0.1) is 20.9 Å². The van der Waals surface area contributed by atoms with Gasteiger partial charge in [0.2, 0.25) is 0 Å². The fraction of sp³-hybridized carbons (Fsp3) is 0.176. The lowest BCUT2D eigenvalue weighted by Crippen LogP contribution is -2.24. The van der Waals surface area contributed by atoms with Gasteiger partial charge in [0.25, 0.3) is 11.8 Å². The largest absolute Gasteiger partial charge is 0.277 e. The molecule has 0 aliphatic carbocycles. The zero-order valence-electron chi connectivity index (χ0n) is 12.8. The van der Waals surface area contributed by atoms with Crippen LogP contribution in [0.5, 0.6) is 0 Å². The molecule has 1 aliphatic heterocycles. The molecule has 0 radical (unpaired) electrons. The van der Waals surface area contributed by atoms with E-state index in [0.29, 0.717) is 11.1 Å². The molecule has 0 unspecified atom stereocenters. The normalized spacial score (nSPS) is 14.0. The van der Waals surface area contributed by atoms with E-state index in [1.165, 1.54) is 14.7 Å². The van der Waals surface area contributed by atoms with Gasteiger partial charge in [0, 0.05) is 26.6 Å². The fourth-order valence-corrected chi connectivity index (χ4v) is 5.98. The smallest absolute Gasteiger partial charge is 0.262 e. The Balaban J connectivity index is 2.01. The molecule has 0 atom stereocenters. The van der Waals surface area contributed by atoms with Gasteiger partial charge in [0.15, 0.2) is 0 Å². The van der Waals surface area contributed by atoms with Crippen molar-refractivity contribution in [1.82, 2.24) is 4.90 Å². The number of aryl methyl sites for hydroxylation is 2. The summed E-state index contributed by atoms with van der Waals surface area (Å²) in [5.74, 6) is -0.385. The number of hydrogen-bond donors (Lipinski definition) is 0. The fourth-order valence-electron chi connectivity index (χ4n) is 2.73. The number of amides is 2. The van der Waals surface area contributed by atoms with Crippen LogP contribution in [0.25, 0.3) is 19.5 Å². The third-order valence-corrected chi connectivity index (χ3v) is 7.42. The maximum absolute atomic E-state index is 12.6. The van der Waals surface area contributed by atoms with Crippen LogP contribution in [-0.2, 0) is 0 Å². The SMILES string of the molecule is Cc1ccc(-c2sc(-c3ccc(C)s3)c3c2C(=O)N(C)C3=O)s1. The van der Waals surface area contributed by atoms with Crippen molar-refractivity contribution in [3.8, 4) is 19.5 Å². The summed E-state index contributed by atoms with van der Waals surface area (Å²) in [6.45, 7) is 4.09. The Labute approximate surface area is 145 Å². The van der Waals surface area contributed by atoms with Crippen molar-refractivity contribution in [2.24, 2.45) is 0 Å². The lowest BCUT2D eigenvalue weighted by molar-refractivity contribution is 0.0693. The van der Waals surface area contributed by atoms with Crippen LogP contribution in [0.1, 0.15) is 30.5 Å². The maximum atomic E-state index is 12.6. The lowest BCUT2D eigenvalue weighted by atomic mass is 10.1. The molecule has 3 aromatic heterocycles. The molecule has 6 heteroatoms. The van der Waals surface area contributed by atoms with Gasteiger partial charge in [-0.15, -0.1) is 34.0 Å². The van der Waals surface area contributed by atoms with E-state index >= 15 is 0 Å². The highest BCUT2D eigenvalue weighted by Crippen LogP contribution is 2.48. The zero-order chi connectivity index (χ0) is 16.3. The molecule has 3 aromatic rings. The van der Waals surface area contributed by atoms with Crippen molar-refractivity contribution in [2.75, 3.05) is 7.05 Å². The molecule has 2 amide bonds. The van der Waals surface area contributed by atoms with Crippen molar-refractivity contribution in [1.29, 1.82) is 0 Å². The van der Waals surface area contributed by atoms with Crippen LogP contribution in [0.15, 0.2) is 24.3 Å².